The van der Waals surface area contributed by atoms with Gasteiger partial charge in [0.25, 0.3) is 0 Å². The number of rotatable bonds is 1. The molecule has 16 heavy (non-hydrogen) atoms. The lowest BCUT2D eigenvalue weighted by Gasteiger charge is -2.07. The number of furan rings is 1. The number of fused-ring (bicyclic) bond motifs is 1. The van der Waals surface area contributed by atoms with Crippen LogP contribution in [-0.4, -0.2) is 0 Å². The number of hydrogen-bond donors (Lipinski definition) is 1. The second-order valence-electron chi connectivity index (χ2n) is 4.06. The van der Waals surface area contributed by atoms with Crippen LogP contribution in [0.4, 0.5) is 5.69 Å². The fourth-order valence-corrected chi connectivity index (χ4v) is 3.22. The van der Waals surface area contributed by atoms with Gasteiger partial charge in [0, 0.05) is 4.90 Å². The van der Waals surface area contributed by atoms with Gasteiger partial charge >= 0.3 is 0 Å². The molecule has 0 saturated heterocycles. The zero-order valence-corrected chi connectivity index (χ0v) is 10.1. The van der Waals surface area contributed by atoms with Crippen LogP contribution in [0.3, 0.4) is 0 Å². The Hall–Kier alpha value is -1.35. The summed E-state index contributed by atoms with van der Waals surface area (Å²) in [6.07, 6.45) is 1.72. The molecule has 0 radical (unpaired) electrons. The quantitative estimate of drug-likeness (QED) is 0.799. The highest BCUT2D eigenvalue weighted by Gasteiger charge is 2.27. The summed E-state index contributed by atoms with van der Waals surface area (Å²) >= 11 is 1.83. The van der Waals surface area contributed by atoms with Crippen LogP contribution in [0.1, 0.15) is 22.3 Å². The first-order valence-electron chi connectivity index (χ1n) is 5.32. The van der Waals surface area contributed by atoms with Crippen molar-refractivity contribution in [2.24, 2.45) is 0 Å². The summed E-state index contributed by atoms with van der Waals surface area (Å²) in [4.78, 5) is 1.35. The van der Waals surface area contributed by atoms with E-state index < -0.39 is 0 Å². The van der Waals surface area contributed by atoms with E-state index in [1.807, 2.05) is 23.9 Å². The summed E-state index contributed by atoms with van der Waals surface area (Å²) in [5.41, 5.74) is 3.88. The lowest BCUT2D eigenvalue weighted by molar-refractivity contribution is 0.516. The fourth-order valence-electron chi connectivity index (χ4n) is 1.96. The smallest absolute Gasteiger partial charge is 0.136 e. The molecule has 1 aliphatic rings. The van der Waals surface area contributed by atoms with E-state index in [0.717, 1.165) is 5.76 Å². The van der Waals surface area contributed by atoms with Crippen LogP contribution in [0.5, 0.6) is 0 Å². The van der Waals surface area contributed by atoms with Crippen LogP contribution in [0, 0.1) is 13.8 Å². The number of benzene rings is 1. The number of hydrogen-bond acceptors (Lipinski definition) is 3. The average Bonchev–Trinajstić information content (AvgIpc) is 2.90. The number of anilines is 1. The molecule has 1 aliphatic heterocycles. The minimum atomic E-state index is 0.213. The van der Waals surface area contributed by atoms with Crippen molar-refractivity contribution in [2.75, 3.05) is 5.32 Å². The third kappa shape index (κ3) is 1.43. The summed E-state index contributed by atoms with van der Waals surface area (Å²) in [6.45, 7) is 4.29. The molecule has 0 aliphatic carbocycles. The van der Waals surface area contributed by atoms with Crippen molar-refractivity contribution in [3.05, 3.63) is 47.4 Å². The lowest BCUT2D eigenvalue weighted by atomic mass is 10.1. The van der Waals surface area contributed by atoms with Crippen LogP contribution in [0.2, 0.25) is 0 Å². The first-order chi connectivity index (χ1) is 7.75. The minimum absolute atomic E-state index is 0.213. The molecule has 82 valence electrons. The maximum Gasteiger partial charge on any atom is 0.136 e. The Bertz CT molecular complexity index is 488. The lowest BCUT2D eigenvalue weighted by Crippen LogP contribution is -2.00. The monoisotopic (exact) mass is 231 g/mol. The van der Waals surface area contributed by atoms with Crippen molar-refractivity contribution in [2.45, 2.75) is 24.1 Å². The molecule has 3 heteroatoms. The maximum absolute atomic E-state index is 5.45. The van der Waals surface area contributed by atoms with Gasteiger partial charge in [-0.2, -0.15) is 0 Å². The van der Waals surface area contributed by atoms with Gasteiger partial charge in [0.2, 0.25) is 0 Å². The Labute approximate surface area is 99.0 Å². The largest absolute Gasteiger partial charge is 0.466 e. The molecule has 0 fully saturated rings. The van der Waals surface area contributed by atoms with Crippen molar-refractivity contribution >= 4 is 17.4 Å². The molecule has 0 bridgehead atoms. The normalized spacial score (nSPS) is 18.2. The Morgan fingerprint density at radius 2 is 2.00 bits per heavy atom. The molecule has 2 nitrogen and oxygen atoms in total. The Morgan fingerprint density at radius 1 is 1.19 bits per heavy atom. The first-order valence-corrected chi connectivity index (χ1v) is 6.20. The van der Waals surface area contributed by atoms with Gasteiger partial charge in [-0.3, -0.25) is 0 Å². The van der Waals surface area contributed by atoms with Gasteiger partial charge in [0.05, 0.1) is 12.0 Å². The van der Waals surface area contributed by atoms with Gasteiger partial charge in [0.15, 0.2) is 0 Å². The molecule has 1 N–H and O–H groups in total. The fraction of sp³-hybridized carbons (Fsp3) is 0.231. The summed E-state index contributed by atoms with van der Waals surface area (Å²) in [5, 5.41) is 3.73. The predicted octanol–water partition coefficient (Wildman–Crippen LogP) is 4.11. The van der Waals surface area contributed by atoms with E-state index in [1.54, 1.807) is 6.26 Å². The van der Waals surface area contributed by atoms with Gasteiger partial charge in [-0.15, -0.1) is 0 Å². The second-order valence-corrected chi connectivity index (χ2v) is 5.18. The summed E-state index contributed by atoms with van der Waals surface area (Å²) < 4.78 is 5.45. The highest BCUT2D eigenvalue weighted by atomic mass is 32.2. The topological polar surface area (TPSA) is 25.2 Å². The van der Waals surface area contributed by atoms with Gasteiger partial charge in [-0.05, 0) is 37.1 Å². The molecule has 0 unspecified atom stereocenters. The van der Waals surface area contributed by atoms with Crippen LogP contribution in [0.15, 0.2) is 39.8 Å². The average molecular weight is 231 g/mol. The molecular weight excluding hydrogens is 218 g/mol. The van der Waals surface area contributed by atoms with Crippen LogP contribution in [0.25, 0.3) is 0 Å². The molecule has 2 heterocycles. The molecule has 0 spiro atoms. The Morgan fingerprint density at radius 3 is 2.69 bits per heavy atom. The van der Waals surface area contributed by atoms with Gasteiger partial charge < -0.3 is 9.73 Å². The first kappa shape index (κ1) is 9.85. The van der Waals surface area contributed by atoms with E-state index in [2.05, 4.69) is 31.3 Å². The summed E-state index contributed by atoms with van der Waals surface area (Å²) in [5.74, 6) is 0.986. The molecule has 0 saturated carbocycles. The molecule has 1 aromatic heterocycles. The standard InChI is InChI=1S/C13H13NOS/c1-8-5-6-9(2)12-11(8)14-13(16-12)10-4-3-7-15-10/h3-7,13-14H,1-2H3/t13-/m1/s1. The third-order valence-electron chi connectivity index (χ3n) is 2.88. The number of thioether (sulfide) groups is 1. The molecule has 1 aromatic carbocycles. The highest BCUT2D eigenvalue weighted by Crippen LogP contribution is 2.49. The second kappa shape index (κ2) is 3.59. The summed E-state index contributed by atoms with van der Waals surface area (Å²) in [6, 6.07) is 8.28. The van der Waals surface area contributed by atoms with Crippen LogP contribution >= 0.6 is 11.8 Å². The van der Waals surface area contributed by atoms with Crippen LogP contribution in [-0.2, 0) is 0 Å². The zero-order valence-electron chi connectivity index (χ0n) is 9.28. The van der Waals surface area contributed by atoms with E-state index in [0.29, 0.717) is 0 Å². The molecular formula is C13H13NOS. The zero-order chi connectivity index (χ0) is 11.1. The van der Waals surface area contributed by atoms with Crippen LogP contribution < -0.4 is 5.32 Å². The minimum Gasteiger partial charge on any atom is -0.466 e. The van der Waals surface area contributed by atoms with E-state index in [4.69, 9.17) is 4.42 Å². The van der Waals surface area contributed by atoms with Crippen molar-refractivity contribution in [1.82, 2.24) is 0 Å². The SMILES string of the molecule is Cc1ccc(C)c2c1N[C@@H](c1ccco1)S2. The molecule has 0 amide bonds. The van der Waals surface area contributed by atoms with Gasteiger partial charge in [-0.1, -0.05) is 23.9 Å². The van der Waals surface area contributed by atoms with Gasteiger partial charge in [0.1, 0.15) is 11.1 Å². The van der Waals surface area contributed by atoms with Gasteiger partial charge in [-0.25, -0.2) is 0 Å². The molecule has 2 aromatic rings. The Balaban J connectivity index is 2.00. The third-order valence-corrected chi connectivity index (χ3v) is 4.22. The molecule has 3 rings (SSSR count). The van der Waals surface area contributed by atoms with E-state index in [1.165, 1.54) is 21.7 Å². The van der Waals surface area contributed by atoms with Crippen molar-refractivity contribution in [1.29, 1.82) is 0 Å². The van der Waals surface area contributed by atoms with E-state index in [-0.39, 0.29) is 5.37 Å². The van der Waals surface area contributed by atoms with Crippen molar-refractivity contribution in [3.8, 4) is 0 Å². The van der Waals surface area contributed by atoms with E-state index >= 15 is 0 Å². The number of aryl methyl sites for hydroxylation is 2. The van der Waals surface area contributed by atoms with Crippen molar-refractivity contribution in [3.63, 3.8) is 0 Å². The van der Waals surface area contributed by atoms with Crippen molar-refractivity contribution < 1.29 is 4.42 Å². The number of nitrogens with one attached hydrogen (secondary N) is 1. The maximum atomic E-state index is 5.45. The highest BCUT2D eigenvalue weighted by molar-refractivity contribution is 8.00. The molecule has 1 atom stereocenters. The summed E-state index contributed by atoms with van der Waals surface area (Å²) in [7, 11) is 0. The Kier molecular flexibility index (Phi) is 2.21. The van der Waals surface area contributed by atoms with E-state index in [9.17, 15) is 0 Å². The predicted molar refractivity (Wildman–Crippen MR) is 66.8 cm³/mol.